The number of aryl methyl sites for hydroxylation is 1. The largest absolute Gasteiger partial charge is 0.493 e. The van der Waals surface area contributed by atoms with E-state index in [4.69, 9.17) is 14.7 Å². The van der Waals surface area contributed by atoms with Gasteiger partial charge in [0.25, 0.3) is 0 Å². The average Bonchev–Trinajstić information content (AvgIpc) is 2.27. The lowest BCUT2D eigenvalue weighted by atomic mass is 10.1. The first-order chi connectivity index (χ1) is 7.22. The van der Waals surface area contributed by atoms with Crippen molar-refractivity contribution in [1.82, 2.24) is 0 Å². The summed E-state index contributed by atoms with van der Waals surface area (Å²) in [6, 6.07) is 5.72. The Kier molecular flexibility index (Phi) is 3.81. The minimum Gasteiger partial charge on any atom is -0.493 e. The summed E-state index contributed by atoms with van der Waals surface area (Å²) in [5.41, 5.74) is 1.90. The van der Waals surface area contributed by atoms with E-state index in [2.05, 4.69) is 5.32 Å². The van der Waals surface area contributed by atoms with Gasteiger partial charge in [-0.15, -0.1) is 0 Å². The molecule has 0 spiro atoms. The number of nitrogens with one attached hydrogen (secondary N) is 1. The van der Waals surface area contributed by atoms with Gasteiger partial charge in [-0.05, 0) is 18.6 Å². The van der Waals surface area contributed by atoms with Gasteiger partial charge < -0.3 is 14.8 Å². The predicted octanol–water partition coefficient (Wildman–Crippen LogP) is 1.95. The first-order valence-corrected chi connectivity index (χ1v) is 4.56. The molecule has 0 saturated carbocycles. The molecule has 4 nitrogen and oxygen atoms in total. The van der Waals surface area contributed by atoms with E-state index >= 15 is 0 Å². The van der Waals surface area contributed by atoms with Crippen LogP contribution in [0.15, 0.2) is 12.1 Å². The lowest BCUT2D eigenvalue weighted by Crippen LogP contribution is -2.01. The second kappa shape index (κ2) is 5.11. The molecule has 0 aromatic heterocycles. The highest BCUT2D eigenvalue weighted by Gasteiger charge is 2.07. The second-order valence-electron chi connectivity index (χ2n) is 3.03. The molecular weight excluding hydrogens is 192 g/mol. The van der Waals surface area contributed by atoms with Crippen molar-refractivity contribution in [1.29, 1.82) is 5.26 Å². The van der Waals surface area contributed by atoms with Crippen LogP contribution in [0.2, 0.25) is 0 Å². The topological polar surface area (TPSA) is 54.3 Å². The van der Waals surface area contributed by atoms with E-state index in [0.29, 0.717) is 11.5 Å². The third-order valence-corrected chi connectivity index (χ3v) is 2.09. The maximum absolute atomic E-state index is 8.48. The van der Waals surface area contributed by atoms with Crippen LogP contribution in [-0.4, -0.2) is 20.8 Å². The van der Waals surface area contributed by atoms with Crippen molar-refractivity contribution < 1.29 is 9.47 Å². The molecule has 0 aliphatic carbocycles. The second-order valence-corrected chi connectivity index (χ2v) is 3.03. The number of hydrogen-bond acceptors (Lipinski definition) is 4. The number of anilines is 1. The van der Waals surface area contributed by atoms with Crippen molar-refractivity contribution in [3.05, 3.63) is 17.7 Å². The fourth-order valence-electron chi connectivity index (χ4n) is 1.31. The maximum atomic E-state index is 8.48. The molecular formula is C11H14N2O2. The van der Waals surface area contributed by atoms with E-state index in [0.717, 1.165) is 11.3 Å². The molecule has 1 N–H and O–H groups in total. The van der Waals surface area contributed by atoms with Gasteiger partial charge in [0.1, 0.15) is 6.54 Å². The molecule has 1 aromatic carbocycles. The van der Waals surface area contributed by atoms with Crippen LogP contribution in [0.3, 0.4) is 0 Å². The molecule has 1 rings (SSSR count). The molecule has 0 aliphatic heterocycles. The van der Waals surface area contributed by atoms with Gasteiger partial charge in [0.2, 0.25) is 0 Å². The Morgan fingerprint density at radius 1 is 1.27 bits per heavy atom. The molecule has 0 unspecified atom stereocenters. The van der Waals surface area contributed by atoms with Crippen LogP contribution >= 0.6 is 0 Å². The highest BCUT2D eigenvalue weighted by Crippen LogP contribution is 2.32. The van der Waals surface area contributed by atoms with Crippen LogP contribution in [0.1, 0.15) is 5.56 Å². The van der Waals surface area contributed by atoms with Crippen LogP contribution in [0, 0.1) is 18.3 Å². The summed E-state index contributed by atoms with van der Waals surface area (Å²) in [7, 11) is 3.18. The van der Waals surface area contributed by atoms with Crippen molar-refractivity contribution in [3.63, 3.8) is 0 Å². The van der Waals surface area contributed by atoms with E-state index in [1.807, 2.05) is 25.1 Å². The lowest BCUT2D eigenvalue weighted by Gasteiger charge is -2.12. The Morgan fingerprint density at radius 3 is 2.40 bits per heavy atom. The lowest BCUT2D eigenvalue weighted by molar-refractivity contribution is 0.355. The summed E-state index contributed by atoms with van der Waals surface area (Å²) < 4.78 is 10.3. The normalized spacial score (nSPS) is 9.20. The van der Waals surface area contributed by atoms with Crippen molar-refractivity contribution in [3.8, 4) is 17.6 Å². The number of hydrogen-bond donors (Lipinski definition) is 1. The molecule has 15 heavy (non-hydrogen) atoms. The summed E-state index contributed by atoms with van der Waals surface area (Å²) in [6.45, 7) is 2.22. The number of benzene rings is 1. The summed E-state index contributed by atoms with van der Waals surface area (Å²) in [4.78, 5) is 0. The van der Waals surface area contributed by atoms with Crippen molar-refractivity contribution in [2.75, 3.05) is 26.1 Å². The third kappa shape index (κ3) is 2.53. The number of nitrogens with zero attached hydrogens (tertiary/aromatic N) is 1. The number of ether oxygens (including phenoxy) is 2. The minimum absolute atomic E-state index is 0.274. The SMILES string of the molecule is COc1cc(C)c(NCC#N)cc1OC. The van der Waals surface area contributed by atoms with Crippen LogP contribution in [0.4, 0.5) is 5.69 Å². The Bertz CT molecular complexity index is 383. The Morgan fingerprint density at radius 2 is 1.87 bits per heavy atom. The summed E-state index contributed by atoms with van der Waals surface area (Å²) >= 11 is 0. The summed E-state index contributed by atoms with van der Waals surface area (Å²) in [5.74, 6) is 1.35. The molecule has 0 bridgehead atoms. The van der Waals surface area contributed by atoms with Crippen molar-refractivity contribution in [2.24, 2.45) is 0 Å². The Hall–Kier alpha value is -1.89. The molecule has 0 fully saturated rings. The monoisotopic (exact) mass is 206 g/mol. The van der Waals surface area contributed by atoms with Gasteiger partial charge in [0.15, 0.2) is 11.5 Å². The molecule has 4 heteroatoms. The summed E-state index contributed by atoms with van der Waals surface area (Å²) in [5, 5.41) is 11.5. The molecule has 0 aliphatic rings. The van der Waals surface area contributed by atoms with Gasteiger partial charge >= 0.3 is 0 Å². The Labute approximate surface area is 89.4 Å². The fraction of sp³-hybridized carbons (Fsp3) is 0.364. The van der Waals surface area contributed by atoms with Gasteiger partial charge in [-0.1, -0.05) is 0 Å². The van der Waals surface area contributed by atoms with Crippen molar-refractivity contribution >= 4 is 5.69 Å². The number of methoxy groups -OCH3 is 2. The van der Waals surface area contributed by atoms with Gasteiger partial charge in [-0.3, -0.25) is 0 Å². The van der Waals surface area contributed by atoms with E-state index < -0.39 is 0 Å². The van der Waals surface area contributed by atoms with Gasteiger partial charge in [0.05, 0.1) is 20.3 Å². The first-order valence-electron chi connectivity index (χ1n) is 4.56. The minimum atomic E-state index is 0.274. The van der Waals surface area contributed by atoms with E-state index in [-0.39, 0.29) is 6.54 Å². The molecule has 0 saturated heterocycles. The first kappa shape index (κ1) is 11.2. The van der Waals surface area contributed by atoms with Crippen molar-refractivity contribution in [2.45, 2.75) is 6.92 Å². The number of rotatable bonds is 4. The Balaban J connectivity index is 3.03. The molecule has 0 heterocycles. The highest BCUT2D eigenvalue weighted by molar-refractivity contribution is 5.60. The van der Waals surface area contributed by atoms with Crippen LogP contribution in [0.25, 0.3) is 0 Å². The average molecular weight is 206 g/mol. The molecule has 0 atom stereocenters. The zero-order valence-electron chi connectivity index (χ0n) is 9.13. The van der Waals surface area contributed by atoms with Crippen LogP contribution in [-0.2, 0) is 0 Å². The quantitative estimate of drug-likeness (QED) is 0.765. The van der Waals surface area contributed by atoms with Crippen LogP contribution < -0.4 is 14.8 Å². The fourth-order valence-corrected chi connectivity index (χ4v) is 1.31. The van der Waals surface area contributed by atoms with Gasteiger partial charge in [0, 0.05) is 11.8 Å². The predicted molar refractivity (Wildman–Crippen MR) is 58.4 cm³/mol. The van der Waals surface area contributed by atoms with Crippen LogP contribution in [0.5, 0.6) is 11.5 Å². The third-order valence-electron chi connectivity index (χ3n) is 2.09. The van der Waals surface area contributed by atoms with Gasteiger partial charge in [-0.2, -0.15) is 5.26 Å². The zero-order chi connectivity index (χ0) is 11.3. The number of nitriles is 1. The van der Waals surface area contributed by atoms with Gasteiger partial charge in [-0.25, -0.2) is 0 Å². The van der Waals surface area contributed by atoms with E-state index in [9.17, 15) is 0 Å². The van der Waals surface area contributed by atoms with E-state index in [1.165, 1.54) is 0 Å². The summed E-state index contributed by atoms with van der Waals surface area (Å²) in [6.07, 6.45) is 0. The molecule has 0 amide bonds. The highest BCUT2D eigenvalue weighted by atomic mass is 16.5. The molecule has 80 valence electrons. The maximum Gasteiger partial charge on any atom is 0.162 e. The molecule has 1 aromatic rings. The zero-order valence-corrected chi connectivity index (χ0v) is 9.13. The standard InChI is InChI=1S/C11H14N2O2/c1-8-6-10(14-2)11(15-3)7-9(8)13-5-4-12/h6-7,13H,5H2,1-3H3. The smallest absolute Gasteiger partial charge is 0.162 e. The molecule has 0 radical (unpaired) electrons. The van der Waals surface area contributed by atoms with E-state index in [1.54, 1.807) is 14.2 Å².